The van der Waals surface area contributed by atoms with E-state index in [1.807, 2.05) is 11.8 Å². The number of nitrogens with one attached hydrogen (secondary N) is 1. The van der Waals surface area contributed by atoms with Crippen LogP contribution in [0.5, 0.6) is 0 Å². The predicted molar refractivity (Wildman–Crippen MR) is 93.8 cm³/mol. The molecule has 0 aromatic heterocycles. The molecule has 6 heteroatoms. The Labute approximate surface area is 148 Å². The number of benzene rings is 1. The monoisotopic (exact) mass is 350 g/mol. The first-order valence-corrected chi connectivity index (χ1v) is 8.69. The number of halogens is 1. The zero-order valence-electron chi connectivity index (χ0n) is 15.3. The zero-order valence-corrected chi connectivity index (χ0v) is 15.3. The maximum Gasteiger partial charge on any atom is 0.407 e. The molecule has 25 heavy (non-hydrogen) atoms. The Morgan fingerprint density at radius 1 is 1.36 bits per heavy atom. The van der Waals surface area contributed by atoms with Crippen molar-refractivity contribution >= 4 is 12.0 Å². The summed E-state index contributed by atoms with van der Waals surface area (Å²) in [5.41, 5.74) is 0.457. The molecule has 2 atom stereocenters. The second-order valence-corrected chi connectivity index (χ2v) is 7.46. The molecule has 1 unspecified atom stereocenters. The van der Waals surface area contributed by atoms with Gasteiger partial charge in [-0.1, -0.05) is 19.1 Å². The van der Waals surface area contributed by atoms with Gasteiger partial charge in [0.25, 0.3) is 0 Å². The molecule has 138 valence electrons. The molecule has 0 aliphatic carbocycles. The molecule has 1 aromatic carbocycles. The molecule has 1 fully saturated rings. The minimum absolute atomic E-state index is 0.0541. The van der Waals surface area contributed by atoms with Crippen LogP contribution in [0.25, 0.3) is 0 Å². The van der Waals surface area contributed by atoms with Gasteiger partial charge in [-0.15, -0.1) is 0 Å². The Hall–Kier alpha value is -2.11. The molecule has 1 N–H and O–H groups in total. The van der Waals surface area contributed by atoms with Gasteiger partial charge in [0.2, 0.25) is 5.91 Å². The van der Waals surface area contributed by atoms with Gasteiger partial charge in [-0.05, 0) is 44.9 Å². The van der Waals surface area contributed by atoms with Crippen molar-refractivity contribution in [3.8, 4) is 0 Å². The minimum Gasteiger partial charge on any atom is -0.444 e. The third-order valence-electron chi connectivity index (χ3n) is 4.37. The summed E-state index contributed by atoms with van der Waals surface area (Å²) >= 11 is 0. The van der Waals surface area contributed by atoms with E-state index in [2.05, 4.69) is 5.32 Å². The number of hydrogen-bond acceptors (Lipinski definition) is 3. The van der Waals surface area contributed by atoms with Crippen molar-refractivity contribution in [3.05, 3.63) is 35.6 Å². The maximum atomic E-state index is 13.1. The lowest BCUT2D eigenvalue weighted by molar-refractivity contribution is -0.129. The van der Waals surface area contributed by atoms with E-state index in [0.717, 1.165) is 12.0 Å². The molecule has 0 bridgehead atoms. The molecule has 1 aliphatic heterocycles. The Morgan fingerprint density at radius 2 is 2.00 bits per heavy atom. The fraction of sp³-hybridized carbons (Fsp3) is 0.579. The quantitative estimate of drug-likeness (QED) is 0.885. The molecule has 5 nitrogen and oxygen atoms in total. The van der Waals surface area contributed by atoms with Crippen molar-refractivity contribution in [3.63, 3.8) is 0 Å². The summed E-state index contributed by atoms with van der Waals surface area (Å²) in [4.78, 5) is 25.7. The standard InChI is InChI=1S/C19H27FN2O3/c1-13(14-5-7-15(20)8-6-14)16-9-10-17(23)22(16)12-11-21-18(24)25-19(2,3)4/h5-8,13,16H,9-12H2,1-4H3,(H,21,24)/t13?,16-/m0/s1. The summed E-state index contributed by atoms with van der Waals surface area (Å²) < 4.78 is 18.3. The first kappa shape index (κ1) is 19.2. The van der Waals surface area contributed by atoms with Crippen LogP contribution in [0.4, 0.5) is 9.18 Å². The van der Waals surface area contributed by atoms with E-state index in [9.17, 15) is 14.0 Å². The van der Waals surface area contributed by atoms with Gasteiger partial charge in [-0.25, -0.2) is 9.18 Å². The summed E-state index contributed by atoms with van der Waals surface area (Å²) in [6.45, 7) is 8.23. The van der Waals surface area contributed by atoms with E-state index >= 15 is 0 Å². The van der Waals surface area contributed by atoms with Crippen LogP contribution in [0.15, 0.2) is 24.3 Å². The van der Waals surface area contributed by atoms with E-state index in [1.54, 1.807) is 32.9 Å². The van der Waals surface area contributed by atoms with Gasteiger partial charge in [0.15, 0.2) is 0 Å². The fourth-order valence-corrected chi connectivity index (χ4v) is 3.15. The first-order chi connectivity index (χ1) is 11.7. The number of nitrogens with zero attached hydrogens (tertiary/aromatic N) is 1. The average Bonchev–Trinajstić information content (AvgIpc) is 2.87. The van der Waals surface area contributed by atoms with Crippen LogP contribution in [0.1, 0.15) is 52.0 Å². The minimum atomic E-state index is -0.548. The lowest BCUT2D eigenvalue weighted by atomic mass is 9.91. The van der Waals surface area contributed by atoms with Gasteiger partial charge >= 0.3 is 6.09 Å². The fourth-order valence-electron chi connectivity index (χ4n) is 3.15. The van der Waals surface area contributed by atoms with Crippen LogP contribution in [-0.2, 0) is 9.53 Å². The largest absolute Gasteiger partial charge is 0.444 e. The van der Waals surface area contributed by atoms with Crippen LogP contribution < -0.4 is 5.32 Å². The van der Waals surface area contributed by atoms with Crippen molar-refractivity contribution in [2.45, 2.75) is 58.1 Å². The topological polar surface area (TPSA) is 58.6 Å². The van der Waals surface area contributed by atoms with E-state index in [-0.39, 0.29) is 23.7 Å². The number of likely N-dealkylation sites (tertiary alicyclic amines) is 1. The average molecular weight is 350 g/mol. The molecular formula is C19H27FN2O3. The summed E-state index contributed by atoms with van der Waals surface area (Å²) in [6.07, 6.45) is 0.786. The molecule has 1 aliphatic rings. The number of carbonyl (C=O) groups excluding carboxylic acids is 2. The highest BCUT2D eigenvalue weighted by Gasteiger charge is 2.34. The van der Waals surface area contributed by atoms with Gasteiger partial charge in [-0.2, -0.15) is 0 Å². The van der Waals surface area contributed by atoms with E-state index < -0.39 is 11.7 Å². The Kier molecular flexibility index (Phi) is 6.03. The number of alkyl carbamates (subject to hydrolysis) is 1. The summed E-state index contributed by atoms with van der Waals surface area (Å²) in [5.74, 6) is -0.0737. The van der Waals surface area contributed by atoms with Crippen molar-refractivity contribution in [2.75, 3.05) is 13.1 Å². The van der Waals surface area contributed by atoms with Crippen molar-refractivity contribution in [1.82, 2.24) is 10.2 Å². The van der Waals surface area contributed by atoms with Gasteiger partial charge in [0.1, 0.15) is 11.4 Å². The van der Waals surface area contributed by atoms with E-state index in [4.69, 9.17) is 4.74 Å². The van der Waals surface area contributed by atoms with Gasteiger partial charge < -0.3 is 15.0 Å². The van der Waals surface area contributed by atoms with E-state index in [0.29, 0.717) is 19.5 Å². The second-order valence-electron chi connectivity index (χ2n) is 7.46. The van der Waals surface area contributed by atoms with E-state index in [1.165, 1.54) is 12.1 Å². The summed E-state index contributed by atoms with van der Waals surface area (Å²) in [5, 5.41) is 2.69. The lowest BCUT2D eigenvalue weighted by Gasteiger charge is -2.30. The highest BCUT2D eigenvalue weighted by Crippen LogP contribution is 2.31. The molecule has 2 rings (SSSR count). The van der Waals surface area contributed by atoms with Crippen molar-refractivity contribution < 1.29 is 18.7 Å². The highest BCUT2D eigenvalue weighted by atomic mass is 19.1. The van der Waals surface area contributed by atoms with Gasteiger partial charge in [0, 0.05) is 31.5 Å². The number of amides is 2. The highest BCUT2D eigenvalue weighted by molar-refractivity contribution is 5.79. The SMILES string of the molecule is CC(c1ccc(F)cc1)[C@@H]1CCC(=O)N1CCNC(=O)OC(C)(C)C. The molecule has 1 saturated heterocycles. The lowest BCUT2D eigenvalue weighted by Crippen LogP contribution is -2.42. The first-order valence-electron chi connectivity index (χ1n) is 8.69. The third kappa shape index (κ3) is 5.44. The molecular weight excluding hydrogens is 323 g/mol. The second kappa shape index (κ2) is 7.85. The Morgan fingerprint density at radius 3 is 2.60 bits per heavy atom. The molecule has 1 heterocycles. The van der Waals surface area contributed by atoms with Gasteiger partial charge in [-0.3, -0.25) is 4.79 Å². The number of carbonyl (C=O) groups is 2. The predicted octanol–water partition coefficient (Wildman–Crippen LogP) is 3.44. The Bertz CT molecular complexity index is 610. The van der Waals surface area contributed by atoms with Crippen LogP contribution in [0.3, 0.4) is 0 Å². The number of rotatable bonds is 5. The van der Waals surface area contributed by atoms with Crippen LogP contribution in [0.2, 0.25) is 0 Å². The third-order valence-corrected chi connectivity index (χ3v) is 4.37. The number of ether oxygens (including phenoxy) is 1. The van der Waals surface area contributed by atoms with Crippen molar-refractivity contribution in [1.29, 1.82) is 0 Å². The summed E-state index contributed by atoms with van der Waals surface area (Å²) in [6, 6.07) is 6.46. The molecule has 2 amide bonds. The Balaban J connectivity index is 1.92. The van der Waals surface area contributed by atoms with Crippen LogP contribution in [-0.4, -0.2) is 41.6 Å². The molecule has 1 aromatic rings. The molecule has 0 radical (unpaired) electrons. The zero-order chi connectivity index (χ0) is 18.6. The molecule has 0 saturated carbocycles. The smallest absolute Gasteiger partial charge is 0.407 e. The van der Waals surface area contributed by atoms with Crippen LogP contribution in [0, 0.1) is 5.82 Å². The van der Waals surface area contributed by atoms with Crippen molar-refractivity contribution in [2.24, 2.45) is 0 Å². The van der Waals surface area contributed by atoms with Crippen LogP contribution >= 0.6 is 0 Å². The maximum absolute atomic E-state index is 13.1. The van der Waals surface area contributed by atoms with Gasteiger partial charge in [0.05, 0.1) is 0 Å². The number of hydrogen-bond donors (Lipinski definition) is 1. The normalized spacial score (nSPS) is 19.0. The summed E-state index contributed by atoms with van der Waals surface area (Å²) in [7, 11) is 0. The molecule has 0 spiro atoms.